The van der Waals surface area contributed by atoms with Gasteiger partial charge in [-0.25, -0.2) is 0 Å². The first-order chi connectivity index (χ1) is 7.70. The van der Waals surface area contributed by atoms with Crippen molar-refractivity contribution in [3.63, 3.8) is 0 Å². The van der Waals surface area contributed by atoms with Crippen molar-refractivity contribution in [3.8, 4) is 0 Å². The number of rotatable bonds is 1. The summed E-state index contributed by atoms with van der Waals surface area (Å²) in [4.78, 5) is 16.7. The molecule has 0 aliphatic carbocycles. The second kappa shape index (κ2) is 5.15. The minimum atomic E-state index is 0.123. The Labute approximate surface area is 98.0 Å². The van der Waals surface area contributed by atoms with Gasteiger partial charge in [0, 0.05) is 25.6 Å². The molecule has 1 amide bonds. The minimum Gasteiger partial charge on any atom is -0.325 e. The van der Waals surface area contributed by atoms with Crippen LogP contribution in [0.2, 0.25) is 0 Å². The van der Waals surface area contributed by atoms with Gasteiger partial charge in [0.1, 0.15) is 0 Å². The Hall–Kier alpha value is -0.610. The third kappa shape index (κ3) is 2.38. The maximum Gasteiger partial charge on any atom is 0.227 e. The van der Waals surface area contributed by atoms with Crippen LogP contribution in [0, 0.1) is 5.92 Å². The summed E-state index contributed by atoms with van der Waals surface area (Å²) < 4.78 is 0. The molecule has 0 aromatic heterocycles. The molecule has 4 heteroatoms. The highest BCUT2D eigenvalue weighted by atomic mass is 16.2. The van der Waals surface area contributed by atoms with Gasteiger partial charge in [-0.15, -0.1) is 0 Å². The number of hydrogen-bond donors (Lipinski definition) is 1. The summed E-state index contributed by atoms with van der Waals surface area (Å²) in [6.07, 6.45) is 3.99. The molecule has 2 heterocycles. The lowest BCUT2D eigenvalue weighted by Gasteiger charge is -2.40. The molecule has 2 aliphatic heterocycles. The molecule has 0 saturated carbocycles. The fraction of sp³-hybridized carbons (Fsp3) is 0.917. The Bertz CT molecular complexity index is 257. The van der Waals surface area contributed by atoms with Crippen molar-refractivity contribution in [1.29, 1.82) is 0 Å². The number of amides is 1. The Morgan fingerprint density at radius 2 is 2.12 bits per heavy atom. The van der Waals surface area contributed by atoms with Crippen molar-refractivity contribution in [2.45, 2.75) is 32.4 Å². The number of nitrogens with zero attached hydrogens (tertiary/aromatic N) is 2. The largest absolute Gasteiger partial charge is 0.325 e. The van der Waals surface area contributed by atoms with Gasteiger partial charge in [-0.05, 0) is 32.9 Å². The van der Waals surface area contributed by atoms with E-state index in [4.69, 9.17) is 0 Å². The first-order valence-electron chi connectivity index (χ1n) is 6.41. The van der Waals surface area contributed by atoms with E-state index < -0.39 is 0 Å². The van der Waals surface area contributed by atoms with Gasteiger partial charge in [-0.1, -0.05) is 6.92 Å². The molecule has 2 atom stereocenters. The predicted molar refractivity (Wildman–Crippen MR) is 64.0 cm³/mol. The molecule has 4 nitrogen and oxygen atoms in total. The zero-order chi connectivity index (χ0) is 11.5. The van der Waals surface area contributed by atoms with Gasteiger partial charge in [-0.2, -0.15) is 0 Å². The topological polar surface area (TPSA) is 35.6 Å². The molecule has 0 aromatic rings. The number of nitrogens with one attached hydrogen (secondary N) is 1. The standard InChI is InChI=1S/C12H23N3O/c1-10-9-13-6-8-15(12(10)16)11-5-3-4-7-14(11)2/h10-11,13H,3-9H2,1-2H3. The van der Waals surface area contributed by atoms with Gasteiger partial charge in [0.05, 0.1) is 6.17 Å². The van der Waals surface area contributed by atoms with Gasteiger partial charge >= 0.3 is 0 Å². The van der Waals surface area contributed by atoms with E-state index >= 15 is 0 Å². The molecular formula is C12H23N3O. The predicted octanol–water partition coefficient (Wildman–Crippen LogP) is 0.496. The molecule has 16 heavy (non-hydrogen) atoms. The van der Waals surface area contributed by atoms with Crippen LogP contribution in [-0.4, -0.2) is 55.1 Å². The summed E-state index contributed by atoms with van der Waals surface area (Å²) in [6.45, 7) is 5.76. The van der Waals surface area contributed by atoms with E-state index in [1.807, 2.05) is 6.92 Å². The van der Waals surface area contributed by atoms with Gasteiger partial charge in [0.25, 0.3) is 0 Å². The van der Waals surface area contributed by atoms with Crippen LogP contribution in [0.25, 0.3) is 0 Å². The van der Waals surface area contributed by atoms with Gasteiger partial charge in [-0.3, -0.25) is 9.69 Å². The maximum atomic E-state index is 12.2. The van der Waals surface area contributed by atoms with Crippen molar-refractivity contribution in [2.75, 3.05) is 33.2 Å². The van der Waals surface area contributed by atoms with E-state index in [0.717, 1.165) is 32.6 Å². The average Bonchev–Trinajstić information content (AvgIpc) is 2.44. The lowest BCUT2D eigenvalue weighted by atomic mass is 10.1. The molecule has 1 N–H and O–H groups in total. The average molecular weight is 225 g/mol. The van der Waals surface area contributed by atoms with Crippen molar-refractivity contribution in [3.05, 3.63) is 0 Å². The summed E-state index contributed by atoms with van der Waals surface area (Å²) in [5.41, 5.74) is 0. The smallest absolute Gasteiger partial charge is 0.227 e. The number of likely N-dealkylation sites (tertiary alicyclic amines) is 1. The molecule has 0 spiro atoms. The van der Waals surface area contributed by atoms with Gasteiger partial charge in [0.2, 0.25) is 5.91 Å². The van der Waals surface area contributed by atoms with E-state index in [2.05, 4.69) is 22.2 Å². The van der Waals surface area contributed by atoms with Crippen LogP contribution >= 0.6 is 0 Å². The number of piperidine rings is 1. The fourth-order valence-corrected chi connectivity index (χ4v) is 2.75. The molecule has 0 aromatic carbocycles. The maximum absolute atomic E-state index is 12.2. The highest BCUT2D eigenvalue weighted by Gasteiger charge is 2.32. The second-order valence-corrected chi connectivity index (χ2v) is 5.09. The SMILES string of the molecule is CC1CNCCN(C2CCCCN2C)C1=O. The fourth-order valence-electron chi connectivity index (χ4n) is 2.75. The molecule has 2 fully saturated rings. The monoisotopic (exact) mass is 225 g/mol. The quantitative estimate of drug-likeness (QED) is 0.706. The van der Waals surface area contributed by atoms with E-state index in [-0.39, 0.29) is 5.92 Å². The minimum absolute atomic E-state index is 0.123. The summed E-state index contributed by atoms with van der Waals surface area (Å²) in [5, 5.41) is 3.33. The Morgan fingerprint density at radius 1 is 1.31 bits per heavy atom. The summed E-state index contributed by atoms with van der Waals surface area (Å²) in [6, 6.07) is 0. The van der Waals surface area contributed by atoms with Crippen LogP contribution in [-0.2, 0) is 4.79 Å². The number of carbonyl (C=O) groups is 1. The van der Waals surface area contributed by atoms with Crippen molar-refractivity contribution in [1.82, 2.24) is 15.1 Å². The highest BCUT2D eigenvalue weighted by Crippen LogP contribution is 2.20. The summed E-state index contributed by atoms with van der Waals surface area (Å²) in [7, 11) is 2.14. The van der Waals surface area contributed by atoms with E-state index in [1.54, 1.807) is 0 Å². The molecule has 0 bridgehead atoms. The number of carbonyl (C=O) groups excluding carboxylic acids is 1. The van der Waals surface area contributed by atoms with Crippen LogP contribution in [0.1, 0.15) is 26.2 Å². The lowest BCUT2D eigenvalue weighted by Crippen LogP contribution is -2.53. The Morgan fingerprint density at radius 3 is 2.88 bits per heavy atom. The van der Waals surface area contributed by atoms with Crippen molar-refractivity contribution < 1.29 is 4.79 Å². The Kier molecular flexibility index (Phi) is 3.82. The first-order valence-corrected chi connectivity index (χ1v) is 6.41. The number of hydrogen-bond acceptors (Lipinski definition) is 3. The highest BCUT2D eigenvalue weighted by molar-refractivity contribution is 5.79. The zero-order valence-electron chi connectivity index (χ0n) is 10.4. The summed E-state index contributed by atoms with van der Waals surface area (Å²) in [5.74, 6) is 0.446. The van der Waals surface area contributed by atoms with Gasteiger partial charge < -0.3 is 10.2 Å². The van der Waals surface area contributed by atoms with E-state index in [0.29, 0.717) is 12.1 Å². The summed E-state index contributed by atoms with van der Waals surface area (Å²) >= 11 is 0. The van der Waals surface area contributed by atoms with Crippen molar-refractivity contribution >= 4 is 5.91 Å². The molecule has 2 saturated heterocycles. The Balaban J connectivity index is 2.07. The van der Waals surface area contributed by atoms with Crippen LogP contribution in [0.15, 0.2) is 0 Å². The van der Waals surface area contributed by atoms with Crippen LogP contribution in [0.4, 0.5) is 0 Å². The van der Waals surface area contributed by atoms with Crippen LogP contribution in [0.5, 0.6) is 0 Å². The third-order valence-corrected chi connectivity index (χ3v) is 3.78. The second-order valence-electron chi connectivity index (χ2n) is 5.09. The molecular weight excluding hydrogens is 202 g/mol. The first kappa shape index (κ1) is 11.9. The normalized spacial score (nSPS) is 33.9. The van der Waals surface area contributed by atoms with Crippen LogP contribution in [0.3, 0.4) is 0 Å². The van der Waals surface area contributed by atoms with E-state index in [1.165, 1.54) is 12.8 Å². The lowest BCUT2D eigenvalue weighted by molar-refractivity contribution is -0.141. The molecule has 2 aliphatic rings. The molecule has 2 rings (SSSR count). The molecule has 2 unspecified atom stereocenters. The third-order valence-electron chi connectivity index (χ3n) is 3.78. The molecule has 0 radical (unpaired) electrons. The van der Waals surface area contributed by atoms with E-state index in [9.17, 15) is 4.79 Å². The van der Waals surface area contributed by atoms with Gasteiger partial charge in [0.15, 0.2) is 0 Å². The van der Waals surface area contributed by atoms with Crippen molar-refractivity contribution in [2.24, 2.45) is 5.92 Å². The molecule has 92 valence electrons. The zero-order valence-corrected chi connectivity index (χ0v) is 10.4. The van der Waals surface area contributed by atoms with Crippen LogP contribution < -0.4 is 5.32 Å².